The second kappa shape index (κ2) is 9.40. The van der Waals surface area contributed by atoms with Crippen LogP contribution < -0.4 is 16.2 Å². The normalized spacial score (nSPS) is 16.5. The second-order valence-electron chi connectivity index (χ2n) is 6.96. The van der Waals surface area contributed by atoms with Crippen LogP contribution in [0.3, 0.4) is 0 Å². The Bertz CT molecular complexity index is 874. The zero-order chi connectivity index (χ0) is 18.7. The molecule has 0 bridgehead atoms. The molecule has 0 saturated carbocycles. The van der Waals surface area contributed by atoms with Crippen LogP contribution in [0.1, 0.15) is 34.3 Å². The van der Waals surface area contributed by atoms with Gasteiger partial charge in [0.15, 0.2) is 0 Å². The van der Waals surface area contributed by atoms with Crippen LogP contribution in [0, 0.1) is 19.8 Å². The Labute approximate surface area is 170 Å². The number of amides is 1. The minimum Gasteiger partial charge on any atom is -0.322 e. The van der Waals surface area contributed by atoms with Crippen molar-refractivity contribution < 1.29 is 4.79 Å². The number of aromatic nitrogens is 1. The predicted molar refractivity (Wildman–Crippen MR) is 112 cm³/mol. The van der Waals surface area contributed by atoms with E-state index in [1.54, 1.807) is 29.8 Å². The van der Waals surface area contributed by atoms with Crippen molar-refractivity contribution in [3.8, 4) is 0 Å². The van der Waals surface area contributed by atoms with Gasteiger partial charge in [0.1, 0.15) is 5.56 Å². The van der Waals surface area contributed by atoms with Crippen molar-refractivity contribution in [2.45, 2.75) is 33.2 Å². The fourth-order valence-electron chi connectivity index (χ4n) is 3.36. The van der Waals surface area contributed by atoms with Crippen LogP contribution in [0.15, 0.2) is 35.3 Å². The third-order valence-electron chi connectivity index (χ3n) is 4.90. The summed E-state index contributed by atoms with van der Waals surface area (Å²) in [6.45, 7) is 6.24. The summed E-state index contributed by atoms with van der Waals surface area (Å²) < 4.78 is 1.66. The maximum Gasteiger partial charge on any atom is 0.263 e. The Morgan fingerprint density at radius 1 is 1.30 bits per heavy atom. The lowest BCUT2D eigenvalue weighted by molar-refractivity contribution is 0.102. The number of pyridine rings is 1. The van der Waals surface area contributed by atoms with Gasteiger partial charge >= 0.3 is 0 Å². The van der Waals surface area contributed by atoms with Gasteiger partial charge in [-0.15, -0.1) is 12.4 Å². The van der Waals surface area contributed by atoms with Crippen molar-refractivity contribution in [1.82, 2.24) is 9.88 Å². The largest absolute Gasteiger partial charge is 0.322 e. The molecule has 0 spiro atoms. The van der Waals surface area contributed by atoms with E-state index in [9.17, 15) is 9.59 Å². The van der Waals surface area contributed by atoms with Gasteiger partial charge in [-0.25, -0.2) is 0 Å². The summed E-state index contributed by atoms with van der Waals surface area (Å²) in [5, 5.41) is 6.73. The van der Waals surface area contributed by atoms with Crippen molar-refractivity contribution in [1.29, 1.82) is 0 Å². The highest BCUT2D eigenvalue weighted by Crippen LogP contribution is 2.21. The summed E-state index contributed by atoms with van der Waals surface area (Å²) in [5.74, 6) is 0.0178. The molecule has 146 valence electrons. The Kier molecular flexibility index (Phi) is 7.48. The van der Waals surface area contributed by atoms with E-state index in [0.29, 0.717) is 28.7 Å². The first-order valence-corrected chi connectivity index (χ1v) is 9.32. The monoisotopic (exact) mass is 409 g/mol. The first kappa shape index (κ1) is 21.5. The number of hydrogen-bond acceptors (Lipinski definition) is 3. The molecule has 3 rings (SSSR count). The number of anilines is 1. The molecule has 0 radical (unpaired) electrons. The van der Waals surface area contributed by atoms with Gasteiger partial charge in [-0.2, -0.15) is 0 Å². The summed E-state index contributed by atoms with van der Waals surface area (Å²) in [7, 11) is 0. The van der Waals surface area contributed by atoms with Crippen molar-refractivity contribution in [2.75, 3.05) is 18.4 Å². The number of aryl methyl sites for hydroxylation is 2. The number of halogens is 2. The molecule has 5 nitrogen and oxygen atoms in total. The Balaban J connectivity index is 0.00000261. The molecule has 1 aromatic heterocycles. The molecule has 1 fully saturated rings. The van der Waals surface area contributed by atoms with Crippen molar-refractivity contribution in [3.05, 3.63) is 62.5 Å². The van der Waals surface area contributed by atoms with Gasteiger partial charge in [0, 0.05) is 23.5 Å². The molecule has 1 aliphatic rings. The van der Waals surface area contributed by atoms with E-state index in [1.165, 1.54) is 0 Å². The molecule has 7 heteroatoms. The van der Waals surface area contributed by atoms with Crippen LogP contribution in [0.2, 0.25) is 5.02 Å². The van der Waals surface area contributed by atoms with E-state index in [2.05, 4.69) is 10.6 Å². The minimum atomic E-state index is -0.394. The maximum absolute atomic E-state index is 12.9. The second-order valence-corrected chi connectivity index (χ2v) is 7.39. The molecule has 27 heavy (non-hydrogen) atoms. The molecule has 1 aromatic carbocycles. The predicted octanol–water partition coefficient (Wildman–Crippen LogP) is 3.79. The molecule has 1 aliphatic heterocycles. The van der Waals surface area contributed by atoms with E-state index in [4.69, 9.17) is 11.6 Å². The molecule has 1 unspecified atom stereocenters. The molecule has 2 N–H and O–H groups in total. The Hall–Kier alpha value is -1.82. The minimum absolute atomic E-state index is 0. The van der Waals surface area contributed by atoms with Crippen LogP contribution in [0.4, 0.5) is 5.69 Å². The van der Waals surface area contributed by atoms with Gasteiger partial charge in [-0.05, 0) is 75.0 Å². The van der Waals surface area contributed by atoms with Crippen LogP contribution in [-0.4, -0.2) is 23.6 Å². The molecule has 2 heterocycles. The first-order chi connectivity index (χ1) is 12.5. The molecular weight excluding hydrogens is 385 g/mol. The summed E-state index contributed by atoms with van der Waals surface area (Å²) >= 11 is 6.02. The zero-order valence-electron chi connectivity index (χ0n) is 15.5. The van der Waals surface area contributed by atoms with E-state index < -0.39 is 5.91 Å². The highest BCUT2D eigenvalue weighted by atomic mass is 35.5. The van der Waals surface area contributed by atoms with Crippen LogP contribution in [-0.2, 0) is 6.54 Å². The zero-order valence-corrected chi connectivity index (χ0v) is 17.1. The summed E-state index contributed by atoms with van der Waals surface area (Å²) in [4.78, 5) is 25.7. The highest BCUT2D eigenvalue weighted by Gasteiger charge is 2.19. The number of piperidine rings is 1. The lowest BCUT2D eigenvalue weighted by atomic mass is 9.99. The average molecular weight is 410 g/mol. The van der Waals surface area contributed by atoms with Crippen LogP contribution in [0.5, 0.6) is 0 Å². The first-order valence-electron chi connectivity index (χ1n) is 8.94. The fraction of sp³-hybridized carbons (Fsp3) is 0.400. The maximum atomic E-state index is 12.9. The third-order valence-corrected chi connectivity index (χ3v) is 5.14. The number of rotatable bonds is 4. The number of carbonyl (C=O) groups excluding carboxylic acids is 1. The lowest BCUT2D eigenvalue weighted by Crippen LogP contribution is -2.36. The molecule has 0 aliphatic carbocycles. The topological polar surface area (TPSA) is 63.1 Å². The third kappa shape index (κ3) is 5.12. The number of hydrogen-bond donors (Lipinski definition) is 2. The van der Waals surface area contributed by atoms with Crippen LogP contribution >= 0.6 is 24.0 Å². The quantitative estimate of drug-likeness (QED) is 0.806. The van der Waals surface area contributed by atoms with Gasteiger partial charge < -0.3 is 15.2 Å². The van der Waals surface area contributed by atoms with Gasteiger partial charge in [-0.3, -0.25) is 9.59 Å². The number of nitrogens with zero attached hydrogens (tertiary/aromatic N) is 1. The van der Waals surface area contributed by atoms with E-state index in [1.807, 2.05) is 19.1 Å². The fourth-order valence-corrected chi connectivity index (χ4v) is 3.53. The van der Waals surface area contributed by atoms with Crippen LogP contribution in [0.25, 0.3) is 0 Å². The number of benzene rings is 1. The molecule has 2 aromatic rings. The Morgan fingerprint density at radius 2 is 2.07 bits per heavy atom. The van der Waals surface area contributed by atoms with E-state index in [0.717, 1.165) is 31.5 Å². The van der Waals surface area contributed by atoms with E-state index in [-0.39, 0.29) is 23.5 Å². The standard InChI is InChI=1S/C20H24ClN3O2.ClH/c1-13-5-6-16(21)10-17(13)23-19(25)18-14(2)7-9-24(20(18)26)12-15-4-3-8-22-11-15;/h5-7,9-10,15,22H,3-4,8,11-12H2,1-2H3,(H,23,25);1H. The SMILES string of the molecule is Cc1ccc(Cl)cc1NC(=O)c1c(C)ccn(CC2CCCNC2)c1=O.Cl. The average Bonchev–Trinajstić information content (AvgIpc) is 2.62. The summed E-state index contributed by atoms with van der Waals surface area (Å²) in [6, 6.07) is 7.13. The number of carbonyl (C=O) groups is 1. The van der Waals surface area contributed by atoms with Gasteiger partial charge in [0.25, 0.3) is 11.5 Å². The molecule has 1 amide bonds. The summed E-state index contributed by atoms with van der Waals surface area (Å²) in [6.07, 6.45) is 4.00. The molecule has 1 atom stereocenters. The van der Waals surface area contributed by atoms with Gasteiger partial charge in [-0.1, -0.05) is 17.7 Å². The van der Waals surface area contributed by atoms with Crippen molar-refractivity contribution >= 4 is 35.6 Å². The highest BCUT2D eigenvalue weighted by molar-refractivity contribution is 6.31. The molecular formula is C20H25Cl2N3O2. The molecule has 1 saturated heterocycles. The lowest BCUT2D eigenvalue weighted by Gasteiger charge is -2.23. The van der Waals surface area contributed by atoms with Crippen molar-refractivity contribution in [2.24, 2.45) is 5.92 Å². The van der Waals surface area contributed by atoms with Gasteiger partial charge in [0.05, 0.1) is 0 Å². The van der Waals surface area contributed by atoms with E-state index >= 15 is 0 Å². The smallest absolute Gasteiger partial charge is 0.263 e. The number of nitrogens with one attached hydrogen (secondary N) is 2. The summed E-state index contributed by atoms with van der Waals surface area (Å²) in [5.41, 5.74) is 2.13. The van der Waals surface area contributed by atoms with Crippen molar-refractivity contribution in [3.63, 3.8) is 0 Å². The Morgan fingerprint density at radius 3 is 2.78 bits per heavy atom. The van der Waals surface area contributed by atoms with Gasteiger partial charge in [0.2, 0.25) is 0 Å².